The Balaban J connectivity index is 1.76. The van der Waals surface area contributed by atoms with Gasteiger partial charge in [-0.2, -0.15) is 5.26 Å². The van der Waals surface area contributed by atoms with E-state index in [1.807, 2.05) is 0 Å². The van der Waals surface area contributed by atoms with Gasteiger partial charge < -0.3 is 5.32 Å². The lowest BCUT2D eigenvalue weighted by Crippen LogP contribution is -2.45. The predicted molar refractivity (Wildman–Crippen MR) is 81.6 cm³/mol. The Morgan fingerprint density at radius 3 is 2.95 bits per heavy atom. The lowest BCUT2D eigenvalue weighted by molar-refractivity contribution is 0.235. The average Bonchev–Trinajstić information content (AvgIpc) is 2.94. The van der Waals surface area contributed by atoms with Gasteiger partial charge in [0.15, 0.2) is 0 Å². The fraction of sp³-hybridized carbons (Fsp3) is 0.467. The van der Waals surface area contributed by atoms with E-state index in [-0.39, 0.29) is 12.1 Å². The van der Waals surface area contributed by atoms with Crippen LogP contribution in [0.2, 0.25) is 0 Å². The number of benzene rings is 1. The van der Waals surface area contributed by atoms with E-state index in [0.29, 0.717) is 17.3 Å². The van der Waals surface area contributed by atoms with Crippen molar-refractivity contribution >= 4 is 11.7 Å². The van der Waals surface area contributed by atoms with Gasteiger partial charge >= 0.3 is 6.03 Å². The van der Waals surface area contributed by atoms with E-state index >= 15 is 0 Å². The Bertz CT molecular complexity index is 537. The van der Waals surface area contributed by atoms with Crippen LogP contribution in [-0.2, 0) is 0 Å². The zero-order valence-corrected chi connectivity index (χ0v) is 12.4. The van der Waals surface area contributed by atoms with Crippen molar-refractivity contribution in [3.63, 3.8) is 0 Å². The maximum Gasteiger partial charge on any atom is 0.333 e. The number of amides is 2. The van der Waals surface area contributed by atoms with Crippen LogP contribution in [-0.4, -0.2) is 36.1 Å². The molecule has 1 aromatic rings. The second kappa shape index (κ2) is 6.95. The minimum atomic E-state index is -0.257. The largest absolute Gasteiger partial charge is 0.333 e. The molecule has 0 saturated carbocycles. The molecule has 2 amide bonds. The van der Waals surface area contributed by atoms with Crippen LogP contribution >= 0.6 is 0 Å². The number of anilines is 1. The van der Waals surface area contributed by atoms with Gasteiger partial charge in [-0.05, 0) is 38.5 Å². The fourth-order valence-corrected chi connectivity index (χ4v) is 2.39. The summed E-state index contributed by atoms with van der Waals surface area (Å²) >= 11 is 0. The highest BCUT2D eigenvalue weighted by molar-refractivity contribution is 5.76. The SMILES string of the molecule is CC(C)N1CCC(NC(=O)NNc2cccc(C#N)c2)C1. The van der Waals surface area contributed by atoms with Crippen molar-refractivity contribution in [2.24, 2.45) is 0 Å². The summed E-state index contributed by atoms with van der Waals surface area (Å²) in [5, 5.41) is 11.8. The van der Waals surface area contributed by atoms with Gasteiger partial charge in [0.25, 0.3) is 0 Å². The second-order valence-electron chi connectivity index (χ2n) is 5.49. The number of urea groups is 1. The molecule has 1 aromatic carbocycles. The minimum Gasteiger partial charge on any atom is -0.333 e. The molecule has 0 bridgehead atoms. The highest BCUT2D eigenvalue weighted by Crippen LogP contribution is 2.12. The molecule has 1 unspecified atom stereocenters. The van der Waals surface area contributed by atoms with Crippen molar-refractivity contribution < 1.29 is 4.79 Å². The van der Waals surface area contributed by atoms with E-state index in [9.17, 15) is 4.79 Å². The first kappa shape index (κ1) is 15.1. The van der Waals surface area contributed by atoms with Crippen molar-refractivity contribution in [3.8, 4) is 6.07 Å². The van der Waals surface area contributed by atoms with E-state index in [1.165, 1.54) is 0 Å². The number of nitriles is 1. The monoisotopic (exact) mass is 287 g/mol. The van der Waals surface area contributed by atoms with Crippen LogP contribution in [0, 0.1) is 11.3 Å². The van der Waals surface area contributed by atoms with Gasteiger partial charge in [-0.15, -0.1) is 0 Å². The van der Waals surface area contributed by atoms with Crippen molar-refractivity contribution in [3.05, 3.63) is 29.8 Å². The molecule has 3 N–H and O–H groups in total. The summed E-state index contributed by atoms with van der Waals surface area (Å²) in [6.45, 7) is 6.22. The van der Waals surface area contributed by atoms with E-state index in [1.54, 1.807) is 24.3 Å². The van der Waals surface area contributed by atoms with Gasteiger partial charge in [0.05, 0.1) is 17.3 Å². The molecule has 0 aliphatic carbocycles. The lowest BCUT2D eigenvalue weighted by atomic mass is 10.2. The molecular weight excluding hydrogens is 266 g/mol. The van der Waals surface area contributed by atoms with Crippen LogP contribution in [0.3, 0.4) is 0 Å². The predicted octanol–water partition coefficient (Wildman–Crippen LogP) is 1.67. The molecule has 1 saturated heterocycles. The summed E-state index contributed by atoms with van der Waals surface area (Å²) in [4.78, 5) is 14.2. The molecule has 6 heteroatoms. The number of rotatable bonds is 4. The maximum absolute atomic E-state index is 11.8. The number of carbonyl (C=O) groups is 1. The Labute approximate surface area is 125 Å². The Kier molecular flexibility index (Phi) is 5.01. The molecule has 2 rings (SSSR count). The standard InChI is InChI=1S/C15H21N5O/c1-11(2)20-7-6-14(10-20)17-15(21)19-18-13-5-3-4-12(8-13)9-16/h3-5,8,11,14,18H,6-7,10H2,1-2H3,(H2,17,19,21). The third-order valence-electron chi connectivity index (χ3n) is 3.60. The van der Waals surface area contributed by atoms with E-state index in [4.69, 9.17) is 5.26 Å². The molecule has 21 heavy (non-hydrogen) atoms. The number of nitrogens with one attached hydrogen (secondary N) is 3. The second-order valence-corrected chi connectivity index (χ2v) is 5.49. The molecule has 1 aliphatic rings. The lowest BCUT2D eigenvalue weighted by Gasteiger charge is -2.20. The van der Waals surface area contributed by atoms with E-state index < -0.39 is 0 Å². The summed E-state index contributed by atoms with van der Waals surface area (Å²) in [5.41, 5.74) is 6.62. The highest BCUT2D eigenvalue weighted by Gasteiger charge is 2.25. The van der Waals surface area contributed by atoms with Crippen molar-refractivity contribution in [2.75, 3.05) is 18.5 Å². The Morgan fingerprint density at radius 2 is 2.29 bits per heavy atom. The summed E-state index contributed by atoms with van der Waals surface area (Å²) in [7, 11) is 0. The van der Waals surface area contributed by atoms with Crippen LogP contribution in [0.15, 0.2) is 24.3 Å². The molecule has 1 aliphatic heterocycles. The van der Waals surface area contributed by atoms with Crippen LogP contribution < -0.4 is 16.2 Å². The smallest absolute Gasteiger partial charge is 0.333 e. The normalized spacial score (nSPS) is 18.3. The highest BCUT2D eigenvalue weighted by atomic mass is 16.2. The number of hydrazine groups is 1. The minimum absolute atomic E-state index is 0.180. The molecule has 1 heterocycles. The third-order valence-corrected chi connectivity index (χ3v) is 3.60. The first-order valence-corrected chi connectivity index (χ1v) is 7.15. The Hall–Kier alpha value is -2.26. The average molecular weight is 287 g/mol. The summed E-state index contributed by atoms with van der Waals surface area (Å²) in [6.07, 6.45) is 0.968. The van der Waals surface area contributed by atoms with Crippen molar-refractivity contribution in [1.29, 1.82) is 5.26 Å². The molecule has 0 radical (unpaired) electrons. The first-order valence-electron chi connectivity index (χ1n) is 7.15. The molecule has 1 fully saturated rings. The van der Waals surface area contributed by atoms with Crippen LogP contribution in [0.25, 0.3) is 0 Å². The van der Waals surface area contributed by atoms with Crippen molar-refractivity contribution in [1.82, 2.24) is 15.6 Å². The summed E-state index contributed by atoms with van der Waals surface area (Å²) in [6, 6.07) is 9.43. The summed E-state index contributed by atoms with van der Waals surface area (Å²) < 4.78 is 0. The number of carbonyl (C=O) groups excluding carboxylic acids is 1. The van der Waals surface area contributed by atoms with Gasteiger partial charge in [0, 0.05) is 25.2 Å². The zero-order valence-electron chi connectivity index (χ0n) is 12.4. The first-order chi connectivity index (χ1) is 10.1. The Morgan fingerprint density at radius 1 is 1.48 bits per heavy atom. The number of hydrogen-bond donors (Lipinski definition) is 3. The van der Waals surface area contributed by atoms with Crippen LogP contribution in [0.1, 0.15) is 25.8 Å². The maximum atomic E-state index is 11.8. The van der Waals surface area contributed by atoms with Crippen LogP contribution in [0.5, 0.6) is 0 Å². The third kappa shape index (κ3) is 4.36. The molecule has 1 atom stereocenters. The topological polar surface area (TPSA) is 80.2 Å². The molecule has 112 valence electrons. The number of hydrogen-bond acceptors (Lipinski definition) is 4. The van der Waals surface area contributed by atoms with Gasteiger partial charge in [-0.1, -0.05) is 6.07 Å². The van der Waals surface area contributed by atoms with Gasteiger partial charge in [-0.3, -0.25) is 15.8 Å². The van der Waals surface area contributed by atoms with E-state index in [2.05, 4.69) is 41.0 Å². The van der Waals surface area contributed by atoms with E-state index in [0.717, 1.165) is 19.5 Å². The molecular formula is C15H21N5O. The summed E-state index contributed by atoms with van der Waals surface area (Å²) in [5.74, 6) is 0. The van der Waals surface area contributed by atoms with Gasteiger partial charge in [0.1, 0.15) is 0 Å². The number of likely N-dealkylation sites (tertiary alicyclic amines) is 1. The van der Waals surface area contributed by atoms with Gasteiger partial charge in [0.2, 0.25) is 0 Å². The zero-order chi connectivity index (χ0) is 15.2. The molecule has 6 nitrogen and oxygen atoms in total. The molecule has 0 spiro atoms. The van der Waals surface area contributed by atoms with Crippen LogP contribution in [0.4, 0.5) is 10.5 Å². The van der Waals surface area contributed by atoms with Crippen molar-refractivity contribution in [2.45, 2.75) is 32.4 Å². The molecule has 0 aromatic heterocycles. The van der Waals surface area contributed by atoms with Gasteiger partial charge in [-0.25, -0.2) is 4.79 Å². The fourth-order valence-electron chi connectivity index (χ4n) is 2.39. The number of nitrogens with zero attached hydrogens (tertiary/aromatic N) is 2. The quantitative estimate of drug-likeness (QED) is 0.736.